The number of carbonyl (C=O) groups excluding carboxylic acids is 2. The van der Waals surface area contributed by atoms with Crippen molar-refractivity contribution in [2.45, 2.75) is 36.8 Å². The van der Waals surface area contributed by atoms with E-state index in [1.165, 1.54) is 42.5 Å². The minimum absolute atomic E-state index is 0.288. The van der Waals surface area contributed by atoms with Crippen LogP contribution in [0.2, 0.25) is 0 Å². The van der Waals surface area contributed by atoms with Crippen LogP contribution in [0.25, 0.3) is 12.2 Å². The molecule has 1 aliphatic carbocycles. The highest BCUT2D eigenvalue weighted by Gasteiger charge is 2.54. The van der Waals surface area contributed by atoms with Crippen molar-refractivity contribution in [2.75, 3.05) is 0 Å². The molecule has 12 heteroatoms. The van der Waals surface area contributed by atoms with Crippen LogP contribution in [0.3, 0.4) is 0 Å². The molecule has 0 bridgehead atoms. The number of hydrogen-bond acceptors (Lipinski definition) is 11. The number of aliphatic hydroxyl groups is 2. The largest absolute Gasteiger partial charge is 0.504 e. The number of phenols is 4. The summed E-state index contributed by atoms with van der Waals surface area (Å²) >= 11 is 0. The van der Waals surface area contributed by atoms with Crippen molar-refractivity contribution in [3.8, 4) is 23.0 Å². The first-order valence-corrected chi connectivity index (χ1v) is 10.8. The molecule has 0 saturated heterocycles. The van der Waals surface area contributed by atoms with Gasteiger partial charge in [0.1, 0.15) is 12.2 Å². The fraction of sp³-hybridized carbons (Fsp3) is 0.240. The second-order valence-corrected chi connectivity index (χ2v) is 8.33. The average molecular weight is 516 g/mol. The smallest absolute Gasteiger partial charge is 0.348 e. The molecule has 4 atom stereocenters. The predicted octanol–water partition coefficient (Wildman–Crippen LogP) is 1.03. The summed E-state index contributed by atoms with van der Waals surface area (Å²) in [6.45, 7) is 0. The molecule has 0 unspecified atom stereocenters. The topological polar surface area (TPSA) is 211 Å². The highest BCUT2D eigenvalue weighted by molar-refractivity contribution is 5.91. The summed E-state index contributed by atoms with van der Waals surface area (Å²) in [6, 6.07) is 7.44. The van der Waals surface area contributed by atoms with Gasteiger partial charge in [-0.25, -0.2) is 14.4 Å². The molecule has 2 aromatic rings. The summed E-state index contributed by atoms with van der Waals surface area (Å²) in [5, 5.41) is 68.0. The molecule has 0 radical (unpaired) electrons. The van der Waals surface area contributed by atoms with Crippen molar-refractivity contribution in [1.29, 1.82) is 0 Å². The zero-order valence-electron chi connectivity index (χ0n) is 19.1. The van der Waals surface area contributed by atoms with Gasteiger partial charge in [-0.15, -0.1) is 0 Å². The van der Waals surface area contributed by atoms with Crippen LogP contribution in [-0.4, -0.2) is 77.6 Å². The Balaban J connectivity index is 1.73. The molecular formula is C25H24O12. The molecule has 0 aliphatic heterocycles. The van der Waals surface area contributed by atoms with E-state index in [-0.39, 0.29) is 17.1 Å². The molecule has 12 nitrogen and oxygen atoms in total. The second kappa shape index (κ2) is 11.0. The molecule has 0 heterocycles. The number of esters is 2. The van der Waals surface area contributed by atoms with Gasteiger partial charge in [-0.3, -0.25) is 0 Å². The molecule has 3 rings (SSSR count). The van der Waals surface area contributed by atoms with Crippen LogP contribution in [0.4, 0.5) is 0 Å². The van der Waals surface area contributed by atoms with Crippen molar-refractivity contribution >= 4 is 30.1 Å². The average Bonchev–Trinajstić information content (AvgIpc) is 2.83. The van der Waals surface area contributed by atoms with E-state index < -0.39 is 66.2 Å². The third kappa shape index (κ3) is 6.57. The lowest BCUT2D eigenvalue weighted by Crippen LogP contribution is -2.58. The zero-order valence-corrected chi connectivity index (χ0v) is 19.1. The van der Waals surface area contributed by atoms with Gasteiger partial charge in [0.2, 0.25) is 5.60 Å². The Labute approximate surface area is 209 Å². The van der Waals surface area contributed by atoms with E-state index in [1.54, 1.807) is 0 Å². The van der Waals surface area contributed by atoms with Gasteiger partial charge in [0.15, 0.2) is 23.0 Å². The van der Waals surface area contributed by atoms with Crippen LogP contribution in [0.5, 0.6) is 23.0 Å². The Morgan fingerprint density at radius 2 is 1.30 bits per heavy atom. The summed E-state index contributed by atoms with van der Waals surface area (Å²) in [6.07, 6.45) is -2.09. The van der Waals surface area contributed by atoms with Crippen molar-refractivity contribution in [3.05, 3.63) is 59.7 Å². The van der Waals surface area contributed by atoms with Crippen LogP contribution < -0.4 is 0 Å². The number of aliphatic hydroxyl groups excluding tert-OH is 2. The number of ether oxygens (including phenoxy) is 2. The molecule has 0 amide bonds. The van der Waals surface area contributed by atoms with Crippen LogP contribution >= 0.6 is 0 Å². The monoisotopic (exact) mass is 516 g/mol. The molecule has 0 spiro atoms. The lowest BCUT2D eigenvalue weighted by Gasteiger charge is -2.41. The highest BCUT2D eigenvalue weighted by atomic mass is 16.6. The second-order valence-electron chi connectivity index (χ2n) is 8.33. The maximum Gasteiger partial charge on any atom is 0.348 e. The summed E-state index contributed by atoms with van der Waals surface area (Å²) < 4.78 is 10.2. The van der Waals surface area contributed by atoms with Crippen LogP contribution in [0, 0.1) is 0 Å². The van der Waals surface area contributed by atoms with Gasteiger partial charge in [0.05, 0.1) is 6.10 Å². The van der Waals surface area contributed by atoms with Gasteiger partial charge in [-0.1, -0.05) is 12.1 Å². The zero-order chi connectivity index (χ0) is 27.3. The van der Waals surface area contributed by atoms with Gasteiger partial charge in [0, 0.05) is 25.0 Å². The molecule has 1 saturated carbocycles. The minimum Gasteiger partial charge on any atom is -0.504 e. The van der Waals surface area contributed by atoms with Crippen molar-refractivity contribution in [1.82, 2.24) is 0 Å². The Morgan fingerprint density at radius 3 is 1.78 bits per heavy atom. The van der Waals surface area contributed by atoms with Gasteiger partial charge in [-0.05, 0) is 47.5 Å². The lowest BCUT2D eigenvalue weighted by atomic mass is 9.79. The standard InChI is InChI=1S/C25H24O12/c26-15-5-1-13(9-17(15)28)3-7-21(31)36-20-12-25(24(34)35,11-19(30)23(20)33)37-22(32)8-4-14-2-6-16(27)18(29)10-14/h1-10,19-20,23,26-30,33H,11-12H2,(H,34,35)/b7-3+,8-4+/t19-,20-,23-,25+/m1/s1. The van der Waals surface area contributed by atoms with E-state index in [0.717, 1.165) is 18.2 Å². The van der Waals surface area contributed by atoms with E-state index in [2.05, 4.69) is 0 Å². The fourth-order valence-electron chi connectivity index (χ4n) is 3.68. The predicted molar refractivity (Wildman–Crippen MR) is 125 cm³/mol. The summed E-state index contributed by atoms with van der Waals surface area (Å²) in [4.78, 5) is 36.7. The third-order valence-electron chi connectivity index (χ3n) is 5.62. The minimum atomic E-state index is -2.34. The van der Waals surface area contributed by atoms with Crippen LogP contribution in [-0.2, 0) is 23.9 Å². The van der Waals surface area contributed by atoms with Crippen LogP contribution in [0.1, 0.15) is 24.0 Å². The number of carbonyl (C=O) groups is 3. The van der Waals surface area contributed by atoms with Crippen molar-refractivity contribution < 1.29 is 59.6 Å². The van der Waals surface area contributed by atoms with Gasteiger partial charge < -0.3 is 45.2 Å². The molecule has 2 aromatic carbocycles. The van der Waals surface area contributed by atoms with Crippen molar-refractivity contribution in [3.63, 3.8) is 0 Å². The summed E-state index contributed by atoms with van der Waals surface area (Å²) in [5.41, 5.74) is -1.73. The molecule has 1 fully saturated rings. The fourth-order valence-corrected chi connectivity index (χ4v) is 3.68. The number of rotatable bonds is 7. The van der Waals surface area contributed by atoms with E-state index in [4.69, 9.17) is 9.47 Å². The Bertz CT molecular complexity index is 1250. The first-order chi connectivity index (χ1) is 17.4. The molecule has 1 aliphatic rings. The third-order valence-corrected chi connectivity index (χ3v) is 5.62. The van der Waals surface area contributed by atoms with Gasteiger partial charge in [0.25, 0.3) is 0 Å². The lowest BCUT2D eigenvalue weighted by molar-refractivity contribution is -0.207. The van der Waals surface area contributed by atoms with Crippen molar-refractivity contribution in [2.24, 2.45) is 0 Å². The van der Waals surface area contributed by atoms with Crippen LogP contribution in [0.15, 0.2) is 48.6 Å². The number of hydrogen-bond donors (Lipinski definition) is 7. The number of carboxylic acid groups (broad SMARTS) is 1. The highest BCUT2D eigenvalue weighted by Crippen LogP contribution is 2.35. The first-order valence-electron chi connectivity index (χ1n) is 10.8. The van der Waals surface area contributed by atoms with Gasteiger partial charge >= 0.3 is 17.9 Å². The first kappa shape index (κ1) is 27.0. The SMILES string of the molecule is O=C(/C=C/c1ccc(O)c(O)c1)O[C@@H]1C[C@](OC(=O)/C=C/c2ccc(O)c(O)c2)(C(=O)O)C[C@@H](O)[C@H]1O. The Morgan fingerprint density at radius 1 is 0.784 bits per heavy atom. The van der Waals surface area contributed by atoms with E-state index in [0.29, 0.717) is 5.56 Å². The Hall–Kier alpha value is -4.55. The molecular weight excluding hydrogens is 492 g/mol. The quantitative estimate of drug-likeness (QED) is 0.156. The van der Waals surface area contributed by atoms with Gasteiger partial charge in [-0.2, -0.15) is 0 Å². The number of benzene rings is 2. The molecule has 37 heavy (non-hydrogen) atoms. The Kier molecular flexibility index (Phi) is 8.05. The molecule has 7 N–H and O–H groups in total. The number of carboxylic acids is 1. The van der Waals surface area contributed by atoms with E-state index in [9.17, 15) is 50.1 Å². The maximum atomic E-state index is 12.4. The number of aliphatic carboxylic acids is 1. The summed E-state index contributed by atoms with van der Waals surface area (Å²) in [5.74, 6) is -5.41. The number of aromatic hydroxyl groups is 4. The van der Waals surface area contributed by atoms with E-state index in [1.807, 2.05) is 0 Å². The normalized spacial score (nSPS) is 23.7. The maximum absolute atomic E-state index is 12.4. The molecule has 196 valence electrons. The summed E-state index contributed by atoms with van der Waals surface area (Å²) in [7, 11) is 0. The van der Waals surface area contributed by atoms with E-state index >= 15 is 0 Å². The number of phenolic OH excluding ortho intramolecular Hbond substituents is 4. The molecule has 0 aromatic heterocycles.